The number of aliphatic carboxylic acids is 1. The first kappa shape index (κ1) is 14.0. The molecule has 0 aliphatic heterocycles. The maximum absolute atomic E-state index is 12.0. The van der Waals surface area contributed by atoms with Gasteiger partial charge in [0, 0.05) is 31.4 Å². The number of hydrogen-bond acceptors (Lipinski definition) is 4. The van der Waals surface area contributed by atoms with Crippen molar-refractivity contribution in [2.45, 2.75) is 6.54 Å². The third-order valence-corrected chi connectivity index (χ3v) is 3.45. The van der Waals surface area contributed by atoms with Crippen LogP contribution in [0.25, 0.3) is 6.08 Å². The summed E-state index contributed by atoms with van der Waals surface area (Å²) in [7, 11) is 1.80. The van der Waals surface area contributed by atoms with Crippen LogP contribution in [0.3, 0.4) is 0 Å². The fraction of sp³-hybridized carbons (Fsp3) is 0.154. The van der Waals surface area contributed by atoms with Gasteiger partial charge in [-0.15, -0.1) is 11.3 Å². The maximum atomic E-state index is 12.0. The molecule has 2 heterocycles. The van der Waals surface area contributed by atoms with E-state index in [1.54, 1.807) is 29.4 Å². The van der Waals surface area contributed by atoms with Gasteiger partial charge in [-0.3, -0.25) is 9.48 Å². The molecule has 0 aliphatic rings. The number of rotatable bonds is 5. The first-order valence-corrected chi connectivity index (χ1v) is 6.68. The van der Waals surface area contributed by atoms with Gasteiger partial charge in [-0.2, -0.15) is 5.10 Å². The number of nitrogens with one attached hydrogen (secondary N) is 1. The first-order valence-electron chi connectivity index (χ1n) is 5.80. The summed E-state index contributed by atoms with van der Waals surface area (Å²) in [5, 5.41) is 17.1. The Morgan fingerprint density at radius 3 is 3.00 bits per heavy atom. The predicted octanol–water partition coefficient (Wildman–Crippen LogP) is 1.51. The minimum Gasteiger partial charge on any atom is -0.478 e. The average molecular weight is 291 g/mol. The van der Waals surface area contributed by atoms with E-state index in [9.17, 15) is 9.59 Å². The highest BCUT2D eigenvalue weighted by Crippen LogP contribution is 2.18. The number of thiophene rings is 1. The molecule has 0 aliphatic carbocycles. The molecule has 0 saturated heterocycles. The van der Waals surface area contributed by atoms with E-state index in [0.29, 0.717) is 17.0 Å². The molecule has 0 bridgehead atoms. The van der Waals surface area contributed by atoms with Crippen molar-refractivity contribution < 1.29 is 14.7 Å². The van der Waals surface area contributed by atoms with E-state index in [1.807, 2.05) is 6.20 Å². The zero-order valence-corrected chi connectivity index (χ0v) is 11.6. The zero-order chi connectivity index (χ0) is 14.5. The second-order valence-corrected chi connectivity index (χ2v) is 5.00. The summed E-state index contributed by atoms with van der Waals surface area (Å²) in [4.78, 5) is 23.0. The van der Waals surface area contributed by atoms with Gasteiger partial charge in [0.25, 0.3) is 5.91 Å². The number of aryl methyl sites for hydroxylation is 1. The van der Waals surface area contributed by atoms with Crippen molar-refractivity contribution in [3.05, 3.63) is 45.9 Å². The molecule has 0 radical (unpaired) electrons. The van der Waals surface area contributed by atoms with Crippen molar-refractivity contribution in [1.29, 1.82) is 0 Å². The Hall–Kier alpha value is -2.41. The van der Waals surface area contributed by atoms with E-state index in [-0.39, 0.29) is 5.91 Å². The highest BCUT2D eigenvalue weighted by Gasteiger charge is 2.11. The van der Waals surface area contributed by atoms with E-state index in [1.165, 1.54) is 17.4 Å². The van der Waals surface area contributed by atoms with Crippen LogP contribution in [0.2, 0.25) is 0 Å². The highest BCUT2D eigenvalue weighted by atomic mass is 32.1. The second-order valence-electron chi connectivity index (χ2n) is 4.08. The normalized spacial score (nSPS) is 10.8. The molecule has 6 nitrogen and oxygen atoms in total. The monoisotopic (exact) mass is 291 g/mol. The largest absolute Gasteiger partial charge is 0.478 e. The summed E-state index contributed by atoms with van der Waals surface area (Å²) >= 11 is 1.27. The molecule has 0 atom stereocenters. The van der Waals surface area contributed by atoms with E-state index >= 15 is 0 Å². The fourth-order valence-electron chi connectivity index (χ4n) is 1.62. The SMILES string of the molecule is Cn1cc(CNC(=O)c2sccc2C=CC(=O)O)cn1. The summed E-state index contributed by atoms with van der Waals surface area (Å²) in [5.41, 5.74) is 1.50. The van der Waals surface area contributed by atoms with Crippen LogP contribution in [0.15, 0.2) is 29.9 Å². The van der Waals surface area contributed by atoms with Crippen molar-refractivity contribution in [3.8, 4) is 0 Å². The Bertz CT molecular complexity index is 657. The van der Waals surface area contributed by atoms with Crippen LogP contribution in [0.5, 0.6) is 0 Å². The minimum absolute atomic E-state index is 0.228. The van der Waals surface area contributed by atoms with Crippen LogP contribution in [0.1, 0.15) is 20.8 Å². The summed E-state index contributed by atoms with van der Waals surface area (Å²) in [6.45, 7) is 0.382. The van der Waals surface area contributed by atoms with Crippen LogP contribution in [-0.4, -0.2) is 26.8 Å². The molecule has 7 heteroatoms. The Kier molecular flexibility index (Phi) is 4.31. The Balaban J connectivity index is 2.02. The molecular weight excluding hydrogens is 278 g/mol. The molecule has 104 valence electrons. The minimum atomic E-state index is -1.04. The summed E-state index contributed by atoms with van der Waals surface area (Å²) in [6, 6.07) is 1.71. The van der Waals surface area contributed by atoms with Crippen LogP contribution >= 0.6 is 11.3 Å². The highest BCUT2D eigenvalue weighted by molar-refractivity contribution is 7.12. The summed E-state index contributed by atoms with van der Waals surface area (Å²) in [5.74, 6) is -1.27. The van der Waals surface area contributed by atoms with Crippen molar-refractivity contribution >= 4 is 29.3 Å². The smallest absolute Gasteiger partial charge is 0.328 e. The Labute approximate surface area is 119 Å². The molecule has 2 rings (SSSR count). The van der Waals surface area contributed by atoms with Gasteiger partial charge in [-0.25, -0.2) is 4.79 Å². The van der Waals surface area contributed by atoms with Crippen molar-refractivity contribution in [1.82, 2.24) is 15.1 Å². The number of hydrogen-bond donors (Lipinski definition) is 2. The number of nitrogens with zero attached hydrogens (tertiary/aromatic N) is 2. The second kappa shape index (κ2) is 6.16. The lowest BCUT2D eigenvalue weighted by molar-refractivity contribution is -0.131. The molecule has 0 saturated carbocycles. The van der Waals surface area contributed by atoms with E-state index in [2.05, 4.69) is 10.4 Å². The lowest BCUT2D eigenvalue weighted by Crippen LogP contribution is -2.22. The quantitative estimate of drug-likeness (QED) is 0.818. The topological polar surface area (TPSA) is 84.2 Å². The van der Waals surface area contributed by atoms with Gasteiger partial charge in [0.1, 0.15) is 0 Å². The van der Waals surface area contributed by atoms with Crippen molar-refractivity contribution in [3.63, 3.8) is 0 Å². The van der Waals surface area contributed by atoms with Crippen LogP contribution < -0.4 is 5.32 Å². The number of carbonyl (C=O) groups excluding carboxylic acids is 1. The number of amides is 1. The molecule has 20 heavy (non-hydrogen) atoms. The van der Waals surface area contributed by atoms with Crippen LogP contribution in [0, 0.1) is 0 Å². The molecule has 0 aromatic carbocycles. The Morgan fingerprint density at radius 2 is 2.35 bits per heavy atom. The van der Waals surface area contributed by atoms with Gasteiger partial charge in [0.05, 0.1) is 11.1 Å². The van der Waals surface area contributed by atoms with Crippen molar-refractivity contribution in [2.24, 2.45) is 7.05 Å². The Morgan fingerprint density at radius 1 is 1.55 bits per heavy atom. The first-order chi connectivity index (χ1) is 9.56. The third-order valence-electron chi connectivity index (χ3n) is 2.52. The molecule has 0 spiro atoms. The van der Waals surface area contributed by atoms with E-state index in [4.69, 9.17) is 5.11 Å². The number of aromatic nitrogens is 2. The van der Waals surface area contributed by atoms with Gasteiger partial charge in [0.2, 0.25) is 0 Å². The molecule has 2 aromatic heterocycles. The standard InChI is InChI=1S/C13H13N3O3S/c1-16-8-9(7-15-16)6-14-13(19)12-10(4-5-20-12)2-3-11(17)18/h2-5,7-8H,6H2,1H3,(H,14,19)(H,17,18). The number of carbonyl (C=O) groups is 2. The molecule has 0 unspecified atom stereocenters. The molecule has 0 fully saturated rings. The van der Waals surface area contributed by atoms with Gasteiger partial charge in [-0.1, -0.05) is 0 Å². The number of carboxylic acids is 1. The summed E-state index contributed by atoms with van der Waals surface area (Å²) < 4.78 is 1.66. The van der Waals surface area contributed by atoms with Crippen LogP contribution in [0.4, 0.5) is 0 Å². The van der Waals surface area contributed by atoms with Gasteiger partial charge >= 0.3 is 5.97 Å². The van der Waals surface area contributed by atoms with Gasteiger partial charge in [-0.05, 0) is 23.1 Å². The fourth-order valence-corrected chi connectivity index (χ4v) is 2.42. The predicted molar refractivity (Wildman–Crippen MR) is 75.4 cm³/mol. The average Bonchev–Trinajstić information content (AvgIpc) is 3.02. The lowest BCUT2D eigenvalue weighted by Gasteiger charge is -2.02. The molecule has 2 aromatic rings. The maximum Gasteiger partial charge on any atom is 0.328 e. The molecule has 2 N–H and O–H groups in total. The lowest BCUT2D eigenvalue weighted by atomic mass is 10.2. The van der Waals surface area contributed by atoms with Gasteiger partial charge in [0.15, 0.2) is 0 Å². The number of carboxylic acid groups (broad SMARTS) is 1. The van der Waals surface area contributed by atoms with Crippen LogP contribution in [-0.2, 0) is 18.4 Å². The molecule has 1 amide bonds. The van der Waals surface area contributed by atoms with E-state index < -0.39 is 5.97 Å². The molecular formula is C13H13N3O3S. The summed E-state index contributed by atoms with van der Waals surface area (Å²) in [6.07, 6.45) is 5.93. The van der Waals surface area contributed by atoms with Gasteiger partial charge < -0.3 is 10.4 Å². The third kappa shape index (κ3) is 3.55. The van der Waals surface area contributed by atoms with Crippen molar-refractivity contribution in [2.75, 3.05) is 0 Å². The van der Waals surface area contributed by atoms with E-state index in [0.717, 1.165) is 11.6 Å². The zero-order valence-electron chi connectivity index (χ0n) is 10.7.